The van der Waals surface area contributed by atoms with Crippen LogP contribution in [0.2, 0.25) is 0 Å². The summed E-state index contributed by atoms with van der Waals surface area (Å²) in [5, 5.41) is 2.73. The van der Waals surface area contributed by atoms with E-state index in [2.05, 4.69) is 5.32 Å². The van der Waals surface area contributed by atoms with Crippen molar-refractivity contribution in [3.8, 4) is 11.5 Å². The molecule has 31 heavy (non-hydrogen) atoms. The standard InChI is InChI=1S/C23H24N2O5S/c1-29-17-18-7-6-8-19(15-18)24-23(26)16-25(31(2,27)28)20-11-13-22(14-12-20)30-21-9-4-3-5-10-21/h3-15H,16-17H2,1-2H3,(H,24,26). The SMILES string of the molecule is COCc1cccc(NC(=O)CN(c2ccc(Oc3ccccc3)cc2)S(C)(=O)=O)c1. The van der Waals surface area contributed by atoms with E-state index in [1.807, 2.05) is 36.4 Å². The zero-order valence-electron chi connectivity index (χ0n) is 17.3. The third-order valence-corrected chi connectivity index (χ3v) is 5.45. The van der Waals surface area contributed by atoms with Crippen LogP contribution in [-0.4, -0.2) is 34.2 Å². The largest absolute Gasteiger partial charge is 0.457 e. The van der Waals surface area contributed by atoms with Gasteiger partial charge in [0.25, 0.3) is 0 Å². The predicted octanol–water partition coefficient (Wildman–Crippen LogP) is 4.03. The first-order chi connectivity index (χ1) is 14.8. The minimum absolute atomic E-state index is 0.355. The lowest BCUT2D eigenvalue weighted by Gasteiger charge is -2.22. The molecule has 0 heterocycles. The molecule has 162 valence electrons. The molecule has 0 bridgehead atoms. The predicted molar refractivity (Wildman–Crippen MR) is 121 cm³/mol. The van der Waals surface area contributed by atoms with Gasteiger partial charge in [0.15, 0.2) is 0 Å². The monoisotopic (exact) mass is 440 g/mol. The molecular formula is C23H24N2O5S. The Bertz CT molecular complexity index is 1120. The fourth-order valence-corrected chi connectivity index (χ4v) is 3.80. The van der Waals surface area contributed by atoms with Gasteiger partial charge in [-0.2, -0.15) is 0 Å². The molecule has 0 aliphatic carbocycles. The maximum Gasteiger partial charge on any atom is 0.245 e. The van der Waals surface area contributed by atoms with Gasteiger partial charge < -0.3 is 14.8 Å². The number of benzene rings is 3. The number of nitrogens with one attached hydrogen (secondary N) is 1. The Kier molecular flexibility index (Phi) is 7.28. The highest BCUT2D eigenvalue weighted by Gasteiger charge is 2.21. The Morgan fingerprint density at radius 3 is 2.26 bits per heavy atom. The van der Waals surface area contributed by atoms with Crippen LogP contribution in [0.15, 0.2) is 78.9 Å². The number of amides is 1. The zero-order valence-corrected chi connectivity index (χ0v) is 18.1. The summed E-state index contributed by atoms with van der Waals surface area (Å²) in [6, 6.07) is 23.0. The van der Waals surface area contributed by atoms with Gasteiger partial charge >= 0.3 is 0 Å². The molecule has 3 aromatic rings. The van der Waals surface area contributed by atoms with Crippen molar-refractivity contribution in [2.24, 2.45) is 0 Å². The molecule has 0 atom stereocenters. The van der Waals surface area contributed by atoms with Crippen LogP contribution in [0.3, 0.4) is 0 Å². The van der Waals surface area contributed by atoms with E-state index in [0.29, 0.717) is 29.5 Å². The van der Waals surface area contributed by atoms with Gasteiger partial charge in [-0.1, -0.05) is 30.3 Å². The number of para-hydroxylation sites is 1. The van der Waals surface area contributed by atoms with Gasteiger partial charge in [0.1, 0.15) is 18.0 Å². The quantitative estimate of drug-likeness (QED) is 0.543. The third-order valence-electron chi connectivity index (χ3n) is 4.31. The third kappa shape index (κ3) is 6.56. The van der Waals surface area contributed by atoms with Gasteiger partial charge in [0.05, 0.1) is 18.6 Å². The number of ether oxygens (including phenoxy) is 2. The molecule has 1 amide bonds. The van der Waals surface area contributed by atoms with Crippen LogP contribution < -0.4 is 14.4 Å². The number of rotatable bonds is 9. The average molecular weight is 441 g/mol. The molecule has 0 spiro atoms. The summed E-state index contributed by atoms with van der Waals surface area (Å²) < 4.78 is 36.5. The first-order valence-electron chi connectivity index (χ1n) is 9.53. The second-order valence-electron chi connectivity index (χ2n) is 6.86. The molecule has 0 fully saturated rings. The van der Waals surface area contributed by atoms with E-state index in [1.54, 1.807) is 49.6 Å². The van der Waals surface area contributed by atoms with Crippen LogP contribution in [0, 0.1) is 0 Å². The number of anilines is 2. The number of hydrogen-bond acceptors (Lipinski definition) is 5. The fourth-order valence-electron chi connectivity index (χ4n) is 2.94. The first-order valence-corrected chi connectivity index (χ1v) is 11.4. The van der Waals surface area contributed by atoms with Crippen LogP contribution >= 0.6 is 0 Å². The molecular weight excluding hydrogens is 416 g/mol. The number of carbonyl (C=O) groups is 1. The smallest absolute Gasteiger partial charge is 0.245 e. The van der Waals surface area contributed by atoms with Crippen LogP contribution in [-0.2, 0) is 26.2 Å². The van der Waals surface area contributed by atoms with Crippen LogP contribution in [0.25, 0.3) is 0 Å². The molecule has 1 N–H and O–H groups in total. The number of carbonyl (C=O) groups excluding carboxylic acids is 1. The van der Waals surface area contributed by atoms with Crippen molar-refractivity contribution in [3.05, 3.63) is 84.4 Å². The molecule has 0 saturated heterocycles. The van der Waals surface area contributed by atoms with Crippen molar-refractivity contribution in [2.45, 2.75) is 6.61 Å². The van der Waals surface area contributed by atoms with E-state index in [1.165, 1.54) is 0 Å². The summed E-state index contributed by atoms with van der Waals surface area (Å²) in [7, 11) is -2.09. The number of sulfonamides is 1. The van der Waals surface area contributed by atoms with Crippen molar-refractivity contribution in [1.29, 1.82) is 0 Å². The lowest BCUT2D eigenvalue weighted by molar-refractivity contribution is -0.114. The summed E-state index contributed by atoms with van der Waals surface area (Å²) in [5.41, 5.74) is 1.83. The minimum atomic E-state index is -3.68. The molecule has 0 aliphatic rings. The van der Waals surface area contributed by atoms with Crippen molar-refractivity contribution in [1.82, 2.24) is 0 Å². The molecule has 8 heteroatoms. The summed E-state index contributed by atoms with van der Waals surface area (Å²) in [6.45, 7) is 0.0583. The fraction of sp³-hybridized carbons (Fsp3) is 0.174. The summed E-state index contributed by atoms with van der Waals surface area (Å²) in [4.78, 5) is 12.5. The Hall–Kier alpha value is -3.36. The molecule has 0 saturated carbocycles. The van der Waals surface area contributed by atoms with E-state index in [0.717, 1.165) is 16.1 Å². The molecule has 0 radical (unpaired) electrons. The number of methoxy groups -OCH3 is 1. The maximum atomic E-state index is 12.5. The van der Waals surface area contributed by atoms with Crippen molar-refractivity contribution >= 4 is 27.3 Å². The highest BCUT2D eigenvalue weighted by Crippen LogP contribution is 2.25. The Morgan fingerprint density at radius 2 is 1.61 bits per heavy atom. The van der Waals surface area contributed by atoms with E-state index >= 15 is 0 Å². The molecule has 0 unspecified atom stereocenters. The number of nitrogens with zero attached hydrogens (tertiary/aromatic N) is 1. The molecule has 7 nitrogen and oxygen atoms in total. The minimum Gasteiger partial charge on any atom is -0.457 e. The van der Waals surface area contributed by atoms with E-state index in [9.17, 15) is 13.2 Å². The van der Waals surface area contributed by atoms with E-state index < -0.39 is 15.9 Å². The molecule has 0 aromatic heterocycles. The lowest BCUT2D eigenvalue weighted by Crippen LogP contribution is -2.37. The Balaban J connectivity index is 1.72. The van der Waals surface area contributed by atoms with E-state index in [4.69, 9.17) is 9.47 Å². The second-order valence-corrected chi connectivity index (χ2v) is 8.77. The average Bonchev–Trinajstić information content (AvgIpc) is 2.73. The summed E-state index contributed by atoms with van der Waals surface area (Å²) in [5.74, 6) is 0.776. The highest BCUT2D eigenvalue weighted by molar-refractivity contribution is 7.92. The van der Waals surface area contributed by atoms with Crippen LogP contribution in [0.5, 0.6) is 11.5 Å². The van der Waals surface area contributed by atoms with Crippen molar-refractivity contribution < 1.29 is 22.7 Å². The zero-order chi connectivity index (χ0) is 22.3. The second kappa shape index (κ2) is 10.1. The lowest BCUT2D eigenvalue weighted by atomic mass is 10.2. The van der Waals surface area contributed by atoms with Crippen LogP contribution in [0.1, 0.15) is 5.56 Å². The van der Waals surface area contributed by atoms with Crippen molar-refractivity contribution in [2.75, 3.05) is 29.5 Å². The number of hydrogen-bond donors (Lipinski definition) is 1. The maximum absolute atomic E-state index is 12.5. The van der Waals surface area contributed by atoms with Gasteiger partial charge in [0.2, 0.25) is 15.9 Å². The molecule has 0 aliphatic heterocycles. The van der Waals surface area contributed by atoms with Crippen molar-refractivity contribution in [3.63, 3.8) is 0 Å². The molecule has 3 rings (SSSR count). The van der Waals surface area contributed by atoms with Gasteiger partial charge in [0, 0.05) is 12.8 Å². The Labute approximate surface area is 182 Å². The first kappa shape index (κ1) is 22.3. The highest BCUT2D eigenvalue weighted by atomic mass is 32.2. The van der Waals surface area contributed by atoms with Gasteiger partial charge in [-0.05, 0) is 54.1 Å². The van der Waals surface area contributed by atoms with Gasteiger partial charge in [-0.25, -0.2) is 8.42 Å². The Morgan fingerprint density at radius 1 is 0.935 bits per heavy atom. The van der Waals surface area contributed by atoms with Gasteiger partial charge in [-0.15, -0.1) is 0 Å². The molecule has 3 aromatic carbocycles. The van der Waals surface area contributed by atoms with Gasteiger partial charge in [-0.3, -0.25) is 9.10 Å². The summed E-state index contributed by atoms with van der Waals surface area (Å²) in [6.07, 6.45) is 1.06. The van der Waals surface area contributed by atoms with E-state index in [-0.39, 0.29) is 6.54 Å². The summed E-state index contributed by atoms with van der Waals surface area (Å²) >= 11 is 0. The van der Waals surface area contributed by atoms with Crippen LogP contribution in [0.4, 0.5) is 11.4 Å². The normalized spacial score (nSPS) is 11.0. The topological polar surface area (TPSA) is 84.9 Å².